The van der Waals surface area contributed by atoms with Crippen molar-refractivity contribution in [3.05, 3.63) is 88.2 Å². The van der Waals surface area contributed by atoms with Crippen molar-refractivity contribution in [1.29, 1.82) is 0 Å². The fraction of sp³-hybridized carbons (Fsp3) is 0.136. The molecule has 0 atom stereocenters. The normalized spacial score (nSPS) is 10.3. The first kappa shape index (κ1) is 20.5. The van der Waals surface area contributed by atoms with Crippen molar-refractivity contribution in [2.75, 3.05) is 24.3 Å². The lowest BCUT2D eigenvalue weighted by molar-refractivity contribution is 0.0950. The average Bonchev–Trinajstić information content (AvgIpc) is 2.72. The van der Waals surface area contributed by atoms with E-state index in [2.05, 4.69) is 31.5 Å². The molecule has 1 heterocycles. The van der Waals surface area contributed by atoms with Crippen molar-refractivity contribution in [1.82, 2.24) is 10.3 Å². The van der Waals surface area contributed by atoms with E-state index in [1.54, 1.807) is 42.7 Å². The smallest absolute Gasteiger partial charge is 0.256 e. The Balaban J connectivity index is 1.81. The quantitative estimate of drug-likeness (QED) is 0.590. The van der Waals surface area contributed by atoms with Gasteiger partial charge < -0.3 is 15.5 Å². The maximum Gasteiger partial charge on any atom is 0.256 e. The molecular weight excluding hydrogens is 432 g/mol. The molecule has 2 amide bonds. The Morgan fingerprint density at radius 1 is 1.00 bits per heavy atom. The second kappa shape index (κ2) is 9.34. The zero-order valence-electron chi connectivity index (χ0n) is 16.1. The number of rotatable bonds is 6. The zero-order valence-corrected chi connectivity index (χ0v) is 17.7. The van der Waals surface area contributed by atoms with Gasteiger partial charge in [0.1, 0.15) is 0 Å². The predicted molar refractivity (Wildman–Crippen MR) is 118 cm³/mol. The summed E-state index contributed by atoms with van der Waals surface area (Å²) in [4.78, 5) is 31.3. The molecule has 0 aliphatic heterocycles. The number of halogens is 1. The van der Waals surface area contributed by atoms with Crippen LogP contribution in [0.3, 0.4) is 0 Å². The van der Waals surface area contributed by atoms with Crippen molar-refractivity contribution >= 4 is 39.1 Å². The van der Waals surface area contributed by atoms with E-state index in [0.29, 0.717) is 27.8 Å². The van der Waals surface area contributed by atoms with Crippen LogP contribution in [0, 0.1) is 0 Å². The topological polar surface area (TPSA) is 74.3 Å². The van der Waals surface area contributed by atoms with Crippen LogP contribution in [-0.2, 0) is 6.54 Å². The predicted octanol–water partition coefficient (Wildman–Crippen LogP) is 4.09. The van der Waals surface area contributed by atoms with Crippen LogP contribution in [0.15, 0.2) is 71.5 Å². The Labute approximate surface area is 178 Å². The Bertz CT molecular complexity index is 1020. The molecule has 6 nitrogen and oxygen atoms in total. The molecule has 0 aliphatic carbocycles. The number of anilines is 2. The van der Waals surface area contributed by atoms with E-state index in [1.165, 1.54) is 0 Å². The van der Waals surface area contributed by atoms with Crippen LogP contribution in [0.5, 0.6) is 0 Å². The van der Waals surface area contributed by atoms with Crippen LogP contribution in [0.1, 0.15) is 26.3 Å². The highest BCUT2D eigenvalue weighted by molar-refractivity contribution is 9.10. The number of amides is 2. The number of benzene rings is 2. The van der Waals surface area contributed by atoms with Gasteiger partial charge in [0, 0.05) is 48.9 Å². The van der Waals surface area contributed by atoms with Crippen LogP contribution in [0.4, 0.5) is 11.4 Å². The third kappa shape index (κ3) is 5.20. The van der Waals surface area contributed by atoms with Crippen LogP contribution >= 0.6 is 15.9 Å². The number of aromatic nitrogens is 1. The van der Waals surface area contributed by atoms with Gasteiger partial charge in [-0.25, -0.2) is 0 Å². The molecule has 0 saturated heterocycles. The number of nitrogens with zero attached hydrogens (tertiary/aromatic N) is 2. The van der Waals surface area contributed by atoms with E-state index < -0.39 is 0 Å². The molecule has 29 heavy (non-hydrogen) atoms. The lowest BCUT2D eigenvalue weighted by atomic mass is 10.1. The van der Waals surface area contributed by atoms with Crippen LogP contribution in [0.25, 0.3) is 0 Å². The minimum absolute atomic E-state index is 0.227. The lowest BCUT2D eigenvalue weighted by Crippen LogP contribution is -2.26. The molecule has 0 fully saturated rings. The highest BCUT2D eigenvalue weighted by atomic mass is 79.9. The molecule has 7 heteroatoms. The molecule has 0 saturated carbocycles. The molecule has 0 aliphatic rings. The summed E-state index contributed by atoms with van der Waals surface area (Å²) in [6.07, 6.45) is 3.40. The van der Waals surface area contributed by atoms with Crippen LogP contribution in [-0.4, -0.2) is 30.9 Å². The van der Waals surface area contributed by atoms with Crippen molar-refractivity contribution in [2.45, 2.75) is 6.54 Å². The molecule has 3 rings (SSSR count). The third-order valence-corrected chi connectivity index (χ3v) is 4.97. The van der Waals surface area contributed by atoms with Gasteiger partial charge in [-0.2, -0.15) is 0 Å². The number of nitrogens with one attached hydrogen (secondary N) is 2. The van der Waals surface area contributed by atoms with Gasteiger partial charge in [-0.05, 0) is 57.9 Å². The average molecular weight is 453 g/mol. The second-order valence-corrected chi connectivity index (χ2v) is 7.46. The summed E-state index contributed by atoms with van der Waals surface area (Å²) in [7, 11) is 3.74. The van der Waals surface area contributed by atoms with Gasteiger partial charge in [0.05, 0.1) is 11.1 Å². The van der Waals surface area contributed by atoms with Gasteiger partial charge in [0.2, 0.25) is 0 Å². The largest absolute Gasteiger partial charge is 0.377 e. The SMILES string of the molecule is CN(C)c1ccc(NC(=O)c2ccccc2Br)cc1C(=O)NCc1cccnc1. The lowest BCUT2D eigenvalue weighted by Gasteiger charge is -2.18. The summed E-state index contributed by atoms with van der Waals surface area (Å²) >= 11 is 3.38. The van der Waals surface area contributed by atoms with Gasteiger partial charge in [-0.15, -0.1) is 0 Å². The highest BCUT2D eigenvalue weighted by Gasteiger charge is 2.16. The van der Waals surface area contributed by atoms with E-state index in [1.807, 2.05) is 43.3 Å². The van der Waals surface area contributed by atoms with Crippen molar-refractivity contribution < 1.29 is 9.59 Å². The number of pyridine rings is 1. The molecule has 2 aromatic carbocycles. The van der Waals surface area contributed by atoms with E-state index in [-0.39, 0.29) is 11.8 Å². The third-order valence-electron chi connectivity index (χ3n) is 4.28. The molecule has 2 N–H and O–H groups in total. The Morgan fingerprint density at radius 2 is 1.79 bits per heavy atom. The van der Waals surface area contributed by atoms with E-state index >= 15 is 0 Å². The fourth-order valence-corrected chi connectivity index (χ4v) is 3.27. The van der Waals surface area contributed by atoms with Crippen molar-refractivity contribution in [3.8, 4) is 0 Å². The monoisotopic (exact) mass is 452 g/mol. The maximum absolute atomic E-state index is 12.8. The maximum atomic E-state index is 12.8. The highest BCUT2D eigenvalue weighted by Crippen LogP contribution is 2.24. The second-order valence-electron chi connectivity index (χ2n) is 6.60. The Morgan fingerprint density at radius 3 is 2.48 bits per heavy atom. The van der Waals surface area contributed by atoms with Gasteiger partial charge in [-0.1, -0.05) is 18.2 Å². The molecular formula is C22H21BrN4O2. The van der Waals surface area contributed by atoms with Gasteiger partial charge in [0.15, 0.2) is 0 Å². The fourth-order valence-electron chi connectivity index (χ4n) is 2.81. The first-order valence-corrected chi connectivity index (χ1v) is 9.79. The minimum Gasteiger partial charge on any atom is -0.377 e. The zero-order chi connectivity index (χ0) is 20.8. The summed E-state index contributed by atoms with van der Waals surface area (Å²) in [5.74, 6) is -0.480. The molecule has 0 radical (unpaired) electrons. The van der Waals surface area contributed by atoms with Gasteiger partial charge in [0.25, 0.3) is 11.8 Å². The molecule has 3 aromatic rings. The molecule has 0 spiro atoms. The van der Waals surface area contributed by atoms with Crippen molar-refractivity contribution in [2.24, 2.45) is 0 Å². The summed E-state index contributed by atoms with van der Waals surface area (Å²) in [5, 5.41) is 5.76. The number of hydrogen-bond acceptors (Lipinski definition) is 4. The van der Waals surface area contributed by atoms with E-state index in [0.717, 1.165) is 11.3 Å². The van der Waals surface area contributed by atoms with E-state index in [9.17, 15) is 9.59 Å². The first-order valence-electron chi connectivity index (χ1n) is 9.00. The summed E-state index contributed by atoms with van der Waals surface area (Å²) in [6.45, 7) is 0.368. The molecule has 1 aromatic heterocycles. The Hall–Kier alpha value is -3.19. The standard InChI is InChI=1S/C22H21BrN4O2/c1-27(2)20-10-9-16(26-22(29)17-7-3-4-8-19(17)23)12-18(20)21(28)25-14-15-6-5-11-24-13-15/h3-13H,14H2,1-2H3,(H,25,28)(H,26,29). The van der Waals surface area contributed by atoms with Gasteiger partial charge in [-0.3, -0.25) is 14.6 Å². The molecule has 0 unspecified atom stereocenters. The summed E-state index contributed by atoms with van der Waals surface area (Å²) < 4.78 is 0.705. The van der Waals surface area contributed by atoms with Crippen LogP contribution < -0.4 is 15.5 Å². The first-order chi connectivity index (χ1) is 14.0. The number of hydrogen-bond donors (Lipinski definition) is 2. The number of carbonyl (C=O) groups excluding carboxylic acids is 2. The number of carbonyl (C=O) groups is 2. The molecule has 148 valence electrons. The summed E-state index contributed by atoms with van der Waals surface area (Å²) in [5.41, 5.74) is 3.21. The van der Waals surface area contributed by atoms with Gasteiger partial charge >= 0.3 is 0 Å². The Kier molecular flexibility index (Phi) is 6.61. The molecule has 0 bridgehead atoms. The van der Waals surface area contributed by atoms with Crippen LogP contribution in [0.2, 0.25) is 0 Å². The minimum atomic E-state index is -0.253. The van der Waals surface area contributed by atoms with Crippen molar-refractivity contribution in [3.63, 3.8) is 0 Å². The van der Waals surface area contributed by atoms with E-state index in [4.69, 9.17) is 0 Å². The summed E-state index contributed by atoms with van der Waals surface area (Å²) in [6, 6.07) is 16.2.